The maximum atomic E-state index is 14.2. The Hall–Kier alpha value is -3.64. The van der Waals surface area contributed by atoms with Crippen molar-refractivity contribution in [3.8, 4) is 11.5 Å². The Labute approximate surface area is 282 Å². The van der Waals surface area contributed by atoms with Crippen LogP contribution in [0.25, 0.3) is 0 Å². The number of benzene rings is 3. The predicted molar refractivity (Wildman–Crippen MR) is 147 cm³/mol. The molecule has 0 saturated heterocycles. The first kappa shape index (κ1) is 41.8. The zero-order valence-corrected chi connectivity index (χ0v) is 26.0. The van der Waals surface area contributed by atoms with Gasteiger partial charge in [-0.05, 0) is 47.4 Å². The van der Waals surface area contributed by atoms with Gasteiger partial charge in [-0.25, -0.2) is 0 Å². The molecule has 0 aliphatic heterocycles. The molecule has 2 nitrogen and oxygen atoms in total. The molecule has 0 fully saturated rings. The van der Waals surface area contributed by atoms with E-state index in [1.54, 1.807) is 54.6 Å². The lowest BCUT2D eigenvalue weighted by atomic mass is 9.84. The third-order valence-electron chi connectivity index (χ3n) is 7.60. The Morgan fingerprint density at radius 3 is 1.25 bits per heavy atom. The lowest BCUT2D eigenvalue weighted by molar-refractivity contribution is -0.461. The van der Waals surface area contributed by atoms with Gasteiger partial charge < -0.3 is 9.47 Å². The van der Waals surface area contributed by atoms with Gasteiger partial charge in [-0.2, -0.15) is 74.6 Å². The van der Waals surface area contributed by atoms with Crippen LogP contribution in [0.15, 0.2) is 78.9 Å². The van der Waals surface area contributed by atoms with Gasteiger partial charge in [0.1, 0.15) is 16.4 Å². The zero-order chi connectivity index (χ0) is 39.1. The molecule has 0 aliphatic rings. The third-order valence-corrected chi connectivity index (χ3v) is 8.26. The van der Waals surface area contributed by atoms with Gasteiger partial charge in [-0.15, -0.1) is 11.6 Å². The smallest absolute Gasteiger partial charge is 0.460 e. The molecule has 1 unspecified atom stereocenters. The number of ether oxygens (including phenoxy) is 2. The molecule has 284 valence electrons. The molecule has 0 spiro atoms. The minimum absolute atomic E-state index is 0.181. The first-order valence-corrected chi connectivity index (χ1v) is 14.3. The molecule has 0 amide bonds. The van der Waals surface area contributed by atoms with Crippen LogP contribution in [-0.4, -0.2) is 61.4 Å². The Morgan fingerprint density at radius 1 is 0.471 bits per heavy atom. The molecule has 51 heavy (non-hydrogen) atoms. The predicted octanol–water partition coefficient (Wildman–Crippen LogP) is 11.4. The third kappa shape index (κ3) is 6.86. The summed E-state index contributed by atoms with van der Waals surface area (Å²) in [6.07, 6.45) is -11.8. The Bertz CT molecular complexity index is 1610. The van der Waals surface area contributed by atoms with Crippen molar-refractivity contribution in [1.29, 1.82) is 0 Å². The number of halogens is 18. The summed E-state index contributed by atoms with van der Waals surface area (Å²) in [4.78, 5) is -1.35. The fourth-order valence-corrected chi connectivity index (χ4v) is 4.98. The number of hydrogen-bond donors (Lipinski definition) is 0. The molecule has 20 heteroatoms. The summed E-state index contributed by atoms with van der Waals surface area (Å²) in [7, 11) is 1.43. The monoisotopic (exact) mass is 784 g/mol. The Balaban J connectivity index is 1.78. The van der Waals surface area contributed by atoms with Crippen molar-refractivity contribution < 1.29 is 84.1 Å². The fourth-order valence-electron chi connectivity index (χ4n) is 4.61. The van der Waals surface area contributed by atoms with E-state index in [-0.39, 0.29) is 5.75 Å². The maximum absolute atomic E-state index is 14.2. The molecule has 0 radical (unpaired) electrons. The normalized spacial score (nSPS) is 15.4. The number of rotatable bonds is 15. The van der Waals surface area contributed by atoms with Crippen molar-refractivity contribution in [2.45, 2.75) is 65.3 Å². The summed E-state index contributed by atoms with van der Waals surface area (Å²) >= 11 is 7.12. The molecule has 0 aliphatic carbocycles. The summed E-state index contributed by atoms with van der Waals surface area (Å²) in [5, 5.41) is 0. The quantitative estimate of drug-likeness (QED) is 0.0661. The molecule has 0 saturated carbocycles. The van der Waals surface area contributed by atoms with Crippen molar-refractivity contribution in [1.82, 2.24) is 0 Å². The molecule has 3 aromatic rings. The van der Waals surface area contributed by atoms with Crippen LogP contribution in [-0.2, 0) is 4.87 Å². The molecule has 3 rings (SSSR count). The van der Waals surface area contributed by atoms with Gasteiger partial charge in [0.05, 0.1) is 13.7 Å². The Morgan fingerprint density at radius 2 is 0.843 bits per heavy atom. The van der Waals surface area contributed by atoms with E-state index in [0.717, 1.165) is 0 Å². The van der Waals surface area contributed by atoms with E-state index in [4.69, 9.17) is 21.1 Å². The molecule has 3 aromatic carbocycles. The summed E-state index contributed by atoms with van der Waals surface area (Å²) in [6, 6.07) is 20.2. The average Bonchev–Trinajstić information content (AvgIpc) is 3.06. The summed E-state index contributed by atoms with van der Waals surface area (Å²) in [6.45, 7) is -1.07. The van der Waals surface area contributed by atoms with E-state index in [9.17, 15) is 74.6 Å². The minimum atomic E-state index is -8.66. The Kier molecular flexibility index (Phi) is 11.2. The van der Waals surface area contributed by atoms with Crippen LogP contribution >= 0.6 is 11.6 Å². The van der Waals surface area contributed by atoms with Crippen molar-refractivity contribution in [2.24, 2.45) is 0 Å². The standard InChI is InChI=1S/C31H22ClF17O2/c1-50-21-12-8-19(9-13-21)24(32,18-6-3-2-4-7-18)20-10-14-22(15-11-20)51-17-5-16-23(33,34)25(35,36)26(37,38)27(39,40)28(41,42)29(43,44)30(45,46)31(47,48)49/h2-4,6-15H,5,16-17H2,1H3. The van der Waals surface area contributed by atoms with E-state index in [2.05, 4.69) is 0 Å². The largest absolute Gasteiger partial charge is 0.497 e. The fraction of sp³-hybridized carbons (Fsp3) is 0.419. The van der Waals surface area contributed by atoms with Crippen LogP contribution in [0.4, 0.5) is 74.6 Å². The molecule has 1 atom stereocenters. The number of hydrogen-bond acceptors (Lipinski definition) is 2. The van der Waals surface area contributed by atoms with E-state index >= 15 is 0 Å². The van der Waals surface area contributed by atoms with E-state index in [0.29, 0.717) is 22.4 Å². The lowest BCUT2D eigenvalue weighted by Gasteiger charge is -2.42. The van der Waals surface area contributed by atoms with Gasteiger partial charge in [-0.1, -0.05) is 54.6 Å². The van der Waals surface area contributed by atoms with Crippen LogP contribution in [0.1, 0.15) is 29.5 Å². The van der Waals surface area contributed by atoms with Crippen molar-refractivity contribution >= 4 is 11.6 Å². The highest BCUT2D eigenvalue weighted by atomic mass is 35.5. The lowest BCUT2D eigenvalue weighted by Crippen LogP contribution is -2.74. The topological polar surface area (TPSA) is 18.5 Å². The van der Waals surface area contributed by atoms with Gasteiger partial charge in [0.2, 0.25) is 0 Å². The number of alkyl halides is 18. The maximum Gasteiger partial charge on any atom is 0.460 e. The molecule has 0 heterocycles. The second-order valence-electron chi connectivity index (χ2n) is 10.9. The second kappa shape index (κ2) is 13.7. The zero-order valence-electron chi connectivity index (χ0n) is 25.2. The second-order valence-corrected chi connectivity index (χ2v) is 11.4. The highest BCUT2D eigenvalue weighted by molar-refractivity contribution is 6.28. The first-order chi connectivity index (χ1) is 23.1. The van der Waals surface area contributed by atoms with Gasteiger partial charge in [0, 0.05) is 6.42 Å². The summed E-state index contributed by atoms with van der Waals surface area (Å²) < 4.78 is 239. The van der Waals surface area contributed by atoms with Crippen LogP contribution < -0.4 is 9.47 Å². The van der Waals surface area contributed by atoms with Crippen LogP contribution in [0.2, 0.25) is 0 Å². The minimum Gasteiger partial charge on any atom is -0.497 e. The average molecular weight is 785 g/mol. The van der Waals surface area contributed by atoms with Crippen molar-refractivity contribution in [3.63, 3.8) is 0 Å². The SMILES string of the molecule is COc1ccc(C(Cl)(c2ccccc2)c2ccc(OCCCC(F)(F)C(F)(F)C(F)(F)C(F)(F)C(F)(F)C(F)(F)C(F)(F)C(F)(F)F)cc2)cc1. The molecule has 0 bridgehead atoms. The van der Waals surface area contributed by atoms with Gasteiger partial charge in [0.25, 0.3) is 0 Å². The van der Waals surface area contributed by atoms with Crippen molar-refractivity contribution in [3.05, 3.63) is 95.6 Å². The van der Waals surface area contributed by atoms with E-state index < -0.39 is 72.0 Å². The molecule has 0 N–H and O–H groups in total. The van der Waals surface area contributed by atoms with Gasteiger partial charge in [0.15, 0.2) is 0 Å². The van der Waals surface area contributed by atoms with E-state index in [1.165, 1.54) is 31.4 Å². The summed E-state index contributed by atoms with van der Waals surface area (Å²) in [5.41, 5.74) is 1.52. The molecule has 0 aromatic heterocycles. The van der Waals surface area contributed by atoms with Gasteiger partial charge >= 0.3 is 47.6 Å². The van der Waals surface area contributed by atoms with Crippen LogP contribution in [0.5, 0.6) is 11.5 Å². The van der Waals surface area contributed by atoms with Crippen LogP contribution in [0, 0.1) is 0 Å². The highest BCUT2D eigenvalue weighted by Crippen LogP contribution is 2.64. The van der Waals surface area contributed by atoms with Crippen molar-refractivity contribution in [2.75, 3.05) is 13.7 Å². The van der Waals surface area contributed by atoms with Gasteiger partial charge in [-0.3, -0.25) is 0 Å². The summed E-state index contributed by atoms with van der Waals surface area (Å²) in [5.74, 6) is -56.2. The highest BCUT2D eigenvalue weighted by Gasteiger charge is 2.95. The molecular weight excluding hydrogens is 763 g/mol. The van der Waals surface area contributed by atoms with E-state index in [1.807, 2.05) is 0 Å². The van der Waals surface area contributed by atoms with Crippen LogP contribution in [0.3, 0.4) is 0 Å². The molecular formula is C31H22ClF17O2. The number of methoxy groups -OCH3 is 1. The first-order valence-electron chi connectivity index (χ1n) is 13.9.